The van der Waals surface area contributed by atoms with Gasteiger partial charge in [0.1, 0.15) is 0 Å². The van der Waals surface area contributed by atoms with Crippen LogP contribution in [0.25, 0.3) is 0 Å². The summed E-state index contributed by atoms with van der Waals surface area (Å²) < 4.78 is 36.7. The van der Waals surface area contributed by atoms with E-state index >= 15 is 0 Å². The van der Waals surface area contributed by atoms with E-state index in [0.717, 1.165) is 6.08 Å². The first-order chi connectivity index (χ1) is 6.26. The number of carbonyl (C=O) groups is 1. The van der Waals surface area contributed by atoms with Crippen molar-refractivity contribution in [2.24, 2.45) is 4.99 Å². The quantitative estimate of drug-likeness (QED) is 0.547. The molecule has 1 N–H and O–H groups in total. The van der Waals surface area contributed by atoms with Gasteiger partial charge in [-0.25, -0.2) is 4.79 Å². The van der Waals surface area contributed by atoms with Gasteiger partial charge in [0, 0.05) is 6.21 Å². The molecule has 0 aliphatic carbocycles. The van der Waals surface area contributed by atoms with Crippen molar-refractivity contribution in [3.63, 3.8) is 0 Å². The molecule has 14 heavy (non-hydrogen) atoms. The van der Waals surface area contributed by atoms with Crippen LogP contribution < -0.4 is 0 Å². The lowest BCUT2D eigenvalue weighted by Crippen LogP contribution is -2.42. The Morgan fingerprint density at radius 1 is 1.57 bits per heavy atom. The topological polar surface area (TPSA) is 49.7 Å². The summed E-state index contributed by atoms with van der Waals surface area (Å²) in [5.74, 6) is -1.32. The molecule has 2 unspecified atom stereocenters. The van der Waals surface area contributed by atoms with Crippen molar-refractivity contribution in [2.75, 3.05) is 0 Å². The van der Waals surface area contributed by atoms with Gasteiger partial charge in [-0.3, -0.25) is 4.99 Å². The Bertz CT molecular complexity index is 297. The van der Waals surface area contributed by atoms with E-state index in [2.05, 4.69) is 4.99 Å². The summed E-state index contributed by atoms with van der Waals surface area (Å²) in [6.45, 7) is 0. The molecule has 0 spiro atoms. The van der Waals surface area contributed by atoms with Crippen LogP contribution in [-0.4, -0.2) is 34.4 Å². The Hall–Kier alpha value is -1.04. The van der Waals surface area contributed by atoms with Gasteiger partial charge in [0.15, 0.2) is 10.9 Å². The fourth-order valence-corrected chi connectivity index (χ4v) is 0.956. The number of carboxylic acid groups (broad SMARTS) is 1. The van der Waals surface area contributed by atoms with Gasteiger partial charge in [0.25, 0.3) is 0 Å². The maximum Gasteiger partial charge on any atom is 0.416 e. The summed E-state index contributed by atoms with van der Waals surface area (Å²) in [7, 11) is 0. The summed E-state index contributed by atoms with van der Waals surface area (Å²) in [6, 6.07) is -1.29. The summed E-state index contributed by atoms with van der Waals surface area (Å²) in [4.78, 5) is 10.8. The molecule has 1 aliphatic rings. The first kappa shape index (κ1) is 11.0. The van der Waals surface area contributed by atoms with Crippen molar-refractivity contribution < 1.29 is 23.1 Å². The maximum absolute atomic E-state index is 12.2. The molecule has 7 heteroatoms. The molecule has 0 radical (unpaired) electrons. The molecule has 3 nitrogen and oxygen atoms in total. The van der Waals surface area contributed by atoms with Crippen molar-refractivity contribution in [1.82, 2.24) is 0 Å². The second-order valence-corrected chi connectivity index (χ2v) is 3.31. The van der Waals surface area contributed by atoms with Gasteiger partial charge >= 0.3 is 12.1 Å². The van der Waals surface area contributed by atoms with Crippen molar-refractivity contribution in [3.05, 3.63) is 12.2 Å². The van der Waals surface area contributed by atoms with Gasteiger partial charge in [-0.15, -0.1) is 0 Å². The fourth-order valence-electron chi connectivity index (χ4n) is 0.826. The number of allylic oxidation sites excluding steroid dienone is 1. The minimum Gasteiger partial charge on any atom is -0.479 e. The number of nitrogens with zero attached hydrogens (tertiary/aromatic N) is 1. The average molecular weight is 228 g/mol. The molecule has 0 amide bonds. The van der Waals surface area contributed by atoms with E-state index in [1.165, 1.54) is 0 Å². The normalized spacial score (nSPS) is 31.9. The summed E-state index contributed by atoms with van der Waals surface area (Å²) >= 11 is 5.17. The standard InChI is InChI=1S/C7H5ClF3NO2/c8-6(7(9,10)11)2-1-4(5(13)14)12-3-6/h1-4H,(H,13,14). The minimum absolute atomic E-state index is 0.396. The predicted octanol–water partition coefficient (Wildman–Crippen LogP) is 1.62. The fraction of sp³-hybridized carbons (Fsp3) is 0.429. The molecule has 0 fully saturated rings. The third-order valence-electron chi connectivity index (χ3n) is 1.63. The molecule has 1 aliphatic heterocycles. The Morgan fingerprint density at radius 2 is 2.14 bits per heavy atom. The summed E-state index contributed by atoms with van der Waals surface area (Å²) in [5.41, 5.74) is 0. The SMILES string of the molecule is O=C(O)C1C=CC(Cl)(C(F)(F)F)C=N1. The highest BCUT2D eigenvalue weighted by Gasteiger charge is 2.52. The second kappa shape index (κ2) is 3.27. The van der Waals surface area contributed by atoms with Crippen molar-refractivity contribution in [3.8, 4) is 0 Å². The predicted molar refractivity (Wildman–Crippen MR) is 43.7 cm³/mol. The Kier molecular flexibility index (Phi) is 2.58. The minimum atomic E-state index is -4.68. The van der Waals surface area contributed by atoms with Crippen LogP contribution in [0.1, 0.15) is 0 Å². The maximum atomic E-state index is 12.2. The Labute approximate surface area is 81.9 Å². The molecule has 1 rings (SSSR count). The zero-order valence-corrected chi connectivity index (χ0v) is 7.38. The zero-order chi connectivity index (χ0) is 11.0. The van der Waals surface area contributed by atoms with Crippen LogP contribution in [0.2, 0.25) is 0 Å². The number of halogens is 4. The third-order valence-corrected chi connectivity index (χ3v) is 2.07. The molecular formula is C7H5ClF3NO2. The van der Waals surface area contributed by atoms with Crippen molar-refractivity contribution >= 4 is 23.8 Å². The highest BCUT2D eigenvalue weighted by molar-refractivity contribution is 6.34. The van der Waals surface area contributed by atoms with E-state index in [4.69, 9.17) is 16.7 Å². The highest BCUT2D eigenvalue weighted by atomic mass is 35.5. The number of alkyl halides is 4. The van der Waals surface area contributed by atoms with Crippen LogP contribution in [0.3, 0.4) is 0 Å². The van der Waals surface area contributed by atoms with Crippen molar-refractivity contribution in [2.45, 2.75) is 17.1 Å². The molecule has 0 saturated carbocycles. The van der Waals surface area contributed by atoms with Gasteiger partial charge in [-0.1, -0.05) is 23.8 Å². The summed E-state index contributed by atoms with van der Waals surface area (Å²) in [5, 5.41) is 8.42. The van der Waals surface area contributed by atoms with Crippen LogP contribution in [0, 0.1) is 0 Å². The molecule has 0 aromatic heterocycles. The molecule has 78 valence electrons. The highest BCUT2D eigenvalue weighted by Crippen LogP contribution is 2.37. The van der Waals surface area contributed by atoms with Crippen LogP contribution in [-0.2, 0) is 4.79 Å². The van der Waals surface area contributed by atoms with Crippen molar-refractivity contribution in [1.29, 1.82) is 0 Å². The van der Waals surface area contributed by atoms with E-state index in [1.807, 2.05) is 0 Å². The number of hydrogen-bond acceptors (Lipinski definition) is 2. The number of aliphatic imine (C=N–C) groups is 1. The lowest BCUT2D eigenvalue weighted by Gasteiger charge is -2.25. The third kappa shape index (κ3) is 1.89. The Morgan fingerprint density at radius 3 is 2.43 bits per heavy atom. The van der Waals surface area contributed by atoms with Crippen LogP contribution in [0.5, 0.6) is 0 Å². The molecule has 2 atom stereocenters. The van der Waals surface area contributed by atoms with E-state index in [9.17, 15) is 18.0 Å². The number of aliphatic carboxylic acids is 1. The first-order valence-corrected chi connectivity index (χ1v) is 3.86. The van der Waals surface area contributed by atoms with Gasteiger partial charge < -0.3 is 5.11 Å². The lowest BCUT2D eigenvalue weighted by molar-refractivity contribution is -0.139. The zero-order valence-electron chi connectivity index (χ0n) is 6.62. The summed E-state index contributed by atoms with van der Waals surface area (Å²) in [6.07, 6.45) is -2.89. The van der Waals surface area contributed by atoms with Gasteiger partial charge in [-0.05, 0) is 0 Å². The molecule has 0 saturated heterocycles. The van der Waals surface area contributed by atoms with Crippen LogP contribution >= 0.6 is 11.6 Å². The largest absolute Gasteiger partial charge is 0.479 e. The van der Waals surface area contributed by atoms with E-state index < -0.39 is 23.1 Å². The smallest absolute Gasteiger partial charge is 0.416 e. The average Bonchev–Trinajstić information content (AvgIpc) is 2.03. The Balaban J connectivity index is 2.89. The number of hydrogen-bond donors (Lipinski definition) is 1. The number of carboxylic acids is 1. The van der Waals surface area contributed by atoms with Gasteiger partial charge in [0.05, 0.1) is 0 Å². The molecule has 0 bridgehead atoms. The second-order valence-electron chi connectivity index (χ2n) is 2.69. The molecule has 0 aromatic carbocycles. The van der Waals surface area contributed by atoms with Gasteiger partial charge in [-0.2, -0.15) is 13.2 Å². The van der Waals surface area contributed by atoms with Gasteiger partial charge in [0.2, 0.25) is 0 Å². The molecule has 1 heterocycles. The van der Waals surface area contributed by atoms with E-state index in [1.54, 1.807) is 0 Å². The van der Waals surface area contributed by atoms with E-state index in [0.29, 0.717) is 12.3 Å². The number of rotatable bonds is 1. The van der Waals surface area contributed by atoms with Crippen LogP contribution in [0.4, 0.5) is 13.2 Å². The molecular weight excluding hydrogens is 223 g/mol. The first-order valence-electron chi connectivity index (χ1n) is 3.48. The lowest BCUT2D eigenvalue weighted by atomic mass is 10.0. The van der Waals surface area contributed by atoms with E-state index in [-0.39, 0.29) is 0 Å². The van der Waals surface area contributed by atoms with Crippen LogP contribution in [0.15, 0.2) is 17.1 Å². The number of dihydropyridines is 1. The molecule has 0 aromatic rings. The monoisotopic (exact) mass is 227 g/mol.